The maximum atomic E-state index is 13.3. The molecule has 9 heteroatoms. The van der Waals surface area contributed by atoms with Crippen LogP contribution in [0, 0.1) is 5.92 Å². The zero-order chi connectivity index (χ0) is 22.9. The van der Waals surface area contributed by atoms with Crippen LogP contribution in [0.3, 0.4) is 0 Å². The fourth-order valence-electron chi connectivity index (χ4n) is 7.21. The van der Waals surface area contributed by atoms with Gasteiger partial charge in [0.25, 0.3) is 0 Å². The topological polar surface area (TPSA) is 113 Å². The van der Waals surface area contributed by atoms with Crippen molar-refractivity contribution in [3.05, 3.63) is 29.8 Å². The summed E-state index contributed by atoms with van der Waals surface area (Å²) in [5, 5.41) is 10.8. The normalized spacial score (nSPS) is 34.8. The van der Waals surface area contributed by atoms with Crippen LogP contribution in [0.25, 0.3) is 0 Å². The van der Waals surface area contributed by atoms with Gasteiger partial charge in [-0.2, -0.15) is 0 Å². The third kappa shape index (κ3) is 2.18. The predicted octanol–water partition coefficient (Wildman–Crippen LogP) is 2.07. The molecule has 32 heavy (non-hydrogen) atoms. The summed E-state index contributed by atoms with van der Waals surface area (Å²) < 4.78 is 10.3. The van der Waals surface area contributed by atoms with Gasteiger partial charge >= 0.3 is 18.0 Å². The van der Waals surface area contributed by atoms with Crippen LogP contribution in [-0.4, -0.2) is 65.8 Å². The molecule has 170 valence electrons. The first-order valence-corrected chi connectivity index (χ1v) is 10.9. The number of amides is 2. The Bertz CT molecular complexity index is 1040. The number of para-hydroxylation sites is 1. The van der Waals surface area contributed by atoms with Crippen LogP contribution in [0.5, 0.6) is 0 Å². The molecule has 9 nitrogen and oxygen atoms in total. The standard InChI is InChI=1S/C23H26N2O7/c1-31-18(27)15-13-21-8-7-17(26)24(21)12-11-22(19(28)29)14-5-3-4-6-16(14)25(20(30)32-2)23(15,22)10-9-21/h3-6,15H,7-13H2,1-2H3,(H,28,29)/t15-,21+,22+,23+/m0/s1. The fraction of sp³-hybridized carbons (Fsp3) is 0.565. The summed E-state index contributed by atoms with van der Waals surface area (Å²) in [7, 11) is 2.52. The minimum Gasteiger partial charge on any atom is -0.481 e. The van der Waals surface area contributed by atoms with Gasteiger partial charge in [-0.15, -0.1) is 0 Å². The van der Waals surface area contributed by atoms with Crippen LogP contribution in [0.2, 0.25) is 0 Å². The zero-order valence-electron chi connectivity index (χ0n) is 18.1. The van der Waals surface area contributed by atoms with Crippen molar-refractivity contribution in [1.82, 2.24) is 4.90 Å². The largest absolute Gasteiger partial charge is 0.481 e. The van der Waals surface area contributed by atoms with Crippen molar-refractivity contribution in [2.24, 2.45) is 5.92 Å². The molecule has 0 radical (unpaired) electrons. The van der Waals surface area contributed by atoms with Crippen LogP contribution in [0.4, 0.5) is 10.5 Å². The van der Waals surface area contributed by atoms with Gasteiger partial charge in [0, 0.05) is 18.5 Å². The van der Waals surface area contributed by atoms with E-state index in [2.05, 4.69) is 0 Å². The SMILES string of the molecule is COC(=O)[C@@H]1C[C@]23CCC(=O)N2CC[C@]2(C(=O)O)c4ccccc4N(C(=O)OC)[C@]12CC3. The highest BCUT2D eigenvalue weighted by Crippen LogP contribution is 2.65. The second kappa shape index (κ2) is 6.70. The van der Waals surface area contributed by atoms with E-state index in [9.17, 15) is 24.3 Å². The first kappa shape index (κ1) is 20.8. The molecule has 6 rings (SSSR count). The quantitative estimate of drug-likeness (QED) is 0.698. The van der Waals surface area contributed by atoms with Gasteiger partial charge in [-0.05, 0) is 43.7 Å². The van der Waals surface area contributed by atoms with Crippen LogP contribution in [-0.2, 0) is 29.3 Å². The lowest BCUT2D eigenvalue weighted by atomic mass is 9.51. The number of carboxylic acid groups (broad SMARTS) is 1. The molecule has 0 aromatic heterocycles. The van der Waals surface area contributed by atoms with Gasteiger partial charge in [0.2, 0.25) is 5.91 Å². The predicted molar refractivity (Wildman–Crippen MR) is 111 cm³/mol. The number of methoxy groups -OCH3 is 2. The van der Waals surface area contributed by atoms with Gasteiger partial charge in [-0.25, -0.2) is 4.79 Å². The fourth-order valence-corrected chi connectivity index (χ4v) is 7.21. The van der Waals surface area contributed by atoms with Crippen LogP contribution < -0.4 is 4.90 Å². The summed E-state index contributed by atoms with van der Waals surface area (Å²) in [5.74, 6) is -2.64. The number of esters is 1. The highest BCUT2D eigenvalue weighted by molar-refractivity contribution is 6.03. The lowest BCUT2D eigenvalue weighted by Gasteiger charge is -2.60. The smallest absolute Gasteiger partial charge is 0.414 e. The van der Waals surface area contributed by atoms with E-state index in [1.54, 1.807) is 29.2 Å². The summed E-state index contributed by atoms with van der Waals surface area (Å²) >= 11 is 0. The van der Waals surface area contributed by atoms with E-state index >= 15 is 0 Å². The van der Waals surface area contributed by atoms with Crippen molar-refractivity contribution in [2.45, 2.75) is 55.0 Å². The lowest BCUT2D eigenvalue weighted by Crippen LogP contribution is -2.74. The molecule has 0 unspecified atom stereocenters. The summed E-state index contributed by atoms with van der Waals surface area (Å²) in [5.41, 5.74) is -2.62. The summed E-state index contributed by atoms with van der Waals surface area (Å²) in [6, 6.07) is 6.87. The van der Waals surface area contributed by atoms with Crippen molar-refractivity contribution < 1.29 is 33.8 Å². The van der Waals surface area contributed by atoms with E-state index < -0.39 is 40.4 Å². The molecule has 1 aromatic rings. The molecule has 5 aliphatic rings. The number of carboxylic acids is 1. The maximum absolute atomic E-state index is 13.3. The van der Waals surface area contributed by atoms with Crippen molar-refractivity contribution in [3.8, 4) is 0 Å². The number of nitrogens with zero attached hydrogens (tertiary/aromatic N) is 2. The van der Waals surface area contributed by atoms with Gasteiger partial charge in [0.15, 0.2) is 0 Å². The first-order valence-electron chi connectivity index (χ1n) is 10.9. The second-order valence-electron chi connectivity index (χ2n) is 9.26. The number of anilines is 1. The highest BCUT2D eigenvalue weighted by atomic mass is 16.5. The number of aliphatic carboxylic acids is 1. The molecular weight excluding hydrogens is 416 g/mol. The molecule has 4 aliphatic heterocycles. The Hall–Kier alpha value is -3.10. The lowest BCUT2D eigenvalue weighted by molar-refractivity contribution is -0.166. The van der Waals surface area contributed by atoms with E-state index in [1.165, 1.54) is 19.1 Å². The number of hydrogen-bond donors (Lipinski definition) is 1. The Balaban J connectivity index is 1.85. The van der Waals surface area contributed by atoms with Crippen molar-refractivity contribution in [1.29, 1.82) is 0 Å². The van der Waals surface area contributed by atoms with Crippen LogP contribution >= 0.6 is 0 Å². The number of benzene rings is 1. The third-order valence-electron chi connectivity index (χ3n) is 8.47. The van der Waals surface area contributed by atoms with E-state index in [0.29, 0.717) is 30.5 Å². The van der Waals surface area contributed by atoms with Gasteiger partial charge in [-0.1, -0.05) is 18.2 Å². The average Bonchev–Trinajstić information content (AvgIpc) is 3.20. The zero-order valence-corrected chi connectivity index (χ0v) is 18.1. The van der Waals surface area contributed by atoms with Crippen LogP contribution in [0.15, 0.2) is 24.3 Å². The molecule has 4 heterocycles. The van der Waals surface area contributed by atoms with E-state index in [1.807, 2.05) is 0 Å². The summed E-state index contributed by atoms with van der Waals surface area (Å²) in [4.78, 5) is 55.7. The summed E-state index contributed by atoms with van der Waals surface area (Å²) in [6.45, 7) is 0.254. The molecule has 1 aliphatic carbocycles. The molecule has 3 saturated heterocycles. The molecule has 2 amide bonds. The second-order valence-corrected chi connectivity index (χ2v) is 9.26. The number of carbonyl (C=O) groups is 4. The Morgan fingerprint density at radius 2 is 1.81 bits per heavy atom. The number of carbonyl (C=O) groups excluding carboxylic acids is 3. The van der Waals surface area contributed by atoms with E-state index in [4.69, 9.17) is 9.47 Å². The Kier molecular flexibility index (Phi) is 4.35. The number of hydrogen-bond acceptors (Lipinski definition) is 6. The van der Waals surface area contributed by atoms with E-state index in [-0.39, 0.29) is 31.7 Å². The molecular formula is C23H26N2O7. The van der Waals surface area contributed by atoms with Crippen molar-refractivity contribution in [2.75, 3.05) is 25.7 Å². The van der Waals surface area contributed by atoms with Gasteiger partial charge in [-0.3, -0.25) is 19.3 Å². The van der Waals surface area contributed by atoms with Gasteiger partial charge < -0.3 is 19.5 Å². The average molecular weight is 442 g/mol. The third-order valence-corrected chi connectivity index (χ3v) is 8.47. The monoisotopic (exact) mass is 442 g/mol. The highest BCUT2D eigenvalue weighted by Gasteiger charge is 2.76. The van der Waals surface area contributed by atoms with Gasteiger partial charge in [0.05, 0.1) is 31.4 Å². The molecule has 1 N–H and O–H groups in total. The van der Waals surface area contributed by atoms with Gasteiger partial charge in [0.1, 0.15) is 5.41 Å². The minimum absolute atomic E-state index is 0.0142. The Labute approximate surface area is 185 Å². The Morgan fingerprint density at radius 3 is 2.50 bits per heavy atom. The molecule has 2 spiro atoms. The molecule has 4 fully saturated rings. The first-order chi connectivity index (χ1) is 15.3. The van der Waals surface area contributed by atoms with E-state index in [0.717, 1.165) is 0 Å². The molecule has 2 bridgehead atoms. The van der Waals surface area contributed by atoms with Crippen LogP contribution in [0.1, 0.15) is 44.1 Å². The number of fused-ring (bicyclic) bond motifs is 4. The Morgan fingerprint density at radius 1 is 1.06 bits per heavy atom. The van der Waals surface area contributed by atoms with Crippen molar-refractivity contribution in [3.63, 3.8) is 0 Å². The number of ether oxygens (including phenoxy) is 2. The number of rotatable bonds is 2. The molecule has 4 atom stereocenters. The van der Waals surface area contributed by atoms with Crippen molar-refractivity contribution >= 4 is 29.6 Å². The maximum Gasteiger partial charge on any atom is 0.414 e. The summed E-state index contributed by atoms with van der Waals surface area (Å²) in [6.07, 6.45) is 1.37. The molecule has 1 saturated carbocycles. The molecule has 1 aromatic carbocycles. The minimum atomic E-state index is -1.59.